The zero-order valence-corrected chi connectivity index (χ0v) is 16.9. The van der Waals surface area contributed by atoms with E-state index in [2.05, 4.69) is 15.6 Å². The Morgan fingerprint density at radius 1 is 1.18 bits per heavy atom. The Balaban J connectivity index is 1.55. The van der Waals surface area contributed by atoms with Gasteiger partial charge in [0.2, 0.25) is 0 Å². The Morgan fingerprint density at radius 3 is 2.71 bits per heavy atom. The minimum absolute atomic E-state index is 0.256. The highest BCUT2D eigenvalue weighted by atomic mass is 35.5. The molecule has 0 fully saturated rings. The van der Waals surface area contributed by atoms with E-state index in [0.29, 0.717) is 16.3 Å². The quantitative estimate of drug-likeness (QED) is 0.376. The summed E-state index contributed by atoms with van der Waals surface area (Å²) in [6.45, 7) is 3.88. The summed E-state index contributed by atoms with van der Waals surface area (Å²) in [7, 11) is 0. The molecule has 0 saturated carbocycles. The molecular formula is C21H17ClN4OS. The van der Waals surface area contributed by atoms with Crippen molar-refractivity contribution in [1.82, 2.24) is 15.2 Å². The molecule has 0 aliphatic rings. The fourth-order valence-corrected chi connectivity index (χ4v) is 4.15. The second-order valence-electron chi connectivity index (χ2n) is 6.38. The third kappa shape index (κ3) is 3.44. The number of aryl methyl sites for hydroxylation is 2. The Bertz CT molecular complexity index is 1190. The third-order valence-electron chi connectivity index (χ3n) is 4.41. The number of nitrogens with one attached hydrogen (secondary N) is 1. The molecular weight excluding hydrogens is 392 g/mol. The van der Waals surface area contributed by atoms with Crippen LogP contribution in [0, 0.1) is 13.8 Å². The van der Waals surface area contributed by atoms with Gasteiger partial charge in [-0.2, -0.15) is 10.2 Å². The SMILES string of the molecule is Cc1ccc(-n2nc(C)c(C=NNC(=O)c3csc4ccccc34)c2Cl)cc1. The summed E-state index contributed by atoms with van der Waals surface area (Å²) in [6.07, 6.45) is 1.53. The van der Waals surface area contributed by atoms with Gasteiger partial charge >= 0.3 is 0 Å². The van der Waals surface area contributed by atoms with Crippen molar-refractivity contribution in [3.63, 3.8) is 0 Å². The molecule has 2 heterocycles. The highest BCUT2D eigenvalue weighted by molar-refractivity contribution is 7.17. The molecule has 1 N–H and O–H groups in total. The number of nitrogens with zero attached hydrogens (tertiary/aromatic N) is 3. The largest absolute Gasteiger partial charge is 0.272 e. The van der Waals surface area contributed by atoms with Crippen LogP contribution >= 0.6 is 22.9 Å². The Kier molecular flexibility index (Phi) is 4.98. The predicted octanol–water partition coefficient (Wildman–Crippen LogP) is 5.12. The number of benzene rings is 2. The van der Waals surface area contributed by atoms with Crippen LogP contribution in [0.3, 0.4) is 0 Å². The lowest BCUT2D eigenvalue weighted by Gasteiger charge is -2.03. The number of hydrogen-bond donors (Lipinski definition) is 1. The lowest BCUT2D eigenvalue weighted by Crippen LogP contribution is -2.17. The van der Waals surface area contributed by atoms with Crippen LogP contribution < -0.4 is 5.43 Å². The Labute approximate surface area is 171 Å². The van der Waals surface area contributed by atoms with Crippen molar-refractivity contribution in [2.24, 2.45) is 5.10 Å². The molecule has 0 spiro atoms. The normalized spacial score (nSPS) is 11.4. The molecule has 2 aromatic carbocycles. The number of hydrogen-bond acceptors (Lipinski definition) is 4. The third-order valence-corrected chi connectivity index (χ3v) is 5.74. The number of fused-ring (bicyclic) bond motifs is 1. The predicted molar refractivity (Wildman–Crippen MR) is 115 cm³/mol. The zero-order chi connectivity index (χ0) is 19.7. The average Bonchev–Trinajstić information content (AvgIpc) is 3.25. The van der Waals surface area contributed by atoms with Gasteiger partial charge in [-0.25, -0.2) is 10.1 Å². The second-order valence-corrected chi connectivity index (χ2v) is 7.65. The fourth-order valence-electron chi connectivity index (χ4n) is 2.88. The molecule has 0 atom stereocenters. The fraction of sp³-hybridized carbons (Fsp3) is 0.0952. The molecule has 0 aliphatic heterocycles. The summed E-state index contributed by atoms with van der Waals surface area (Å²) in [5.74, 6) is -0.256. The first-order valence-corrected chi connectivity index (χ1v) is 9.92. The van der Waals surface area contributed by atoms with Gasteiger partial charge in [-0.05, 0) is 32.0 Å². The van der Waals surface area contributed by atoms with E-state index >= 15 is 0 Å². The molecule has 28 heavy (non-hydrogen) atoms. The maximum absolute atomic E-state index is 12.5. The molecule has 0 bridgehead atoms. The lowest BCUT2D eigenvalue weighted by atomic mass is 10.2. The van der Waals surface area contributed by atoms with Gasteiger partial charge in [0, 0.05) is 15.5 Å². The maximum Gasteiger partial charge on any atom is 0.272 e. The summed E-state index contributed by atoms with van der Waals surface area (Å²) >= 11 is 8.03. The van der Waals surface area contributed by atoms with Crippen molar-refractivity contribution < 1.29 is 4.79 Å². The monoisotopic (exact) mass is 408 g/mol. The summed E-state index contributed by atoms with van der Waals surface area (Å²) in [5.41, 5.74) is 6.61. The highest BCUT2D eigenvalue weighted by Gasteiger charge is 2.14. The van der Waals surface area contributed by atoms with Crippen LogP contribution in [0.4, 0.5) is 0 Å². The van der Waals surface area contributed by atoms with Crippen LogP contribution in [-0.2, 0) is 0 Å². The van der Waals surface area contributed by atoms with E-state index in [-0.39, 0.29) is 5.91 Å². The standard InChI is InChI=1S/C21H17ClN4OS/c1-13-7-9-15(10-8-13)26-20(22)17(14(2)25-26)11-23-24-21(27)18-12-28-19-6-4-3-5-16(18)19/h3-12H,1-2H3,(H,24,27). The number of hydrazone groups is 1. The van der Waals surface area contributed by atoms with Crippen LogP contribution in [0.1, 0.15) is 27.2 Å². The number of carbonyl (C=O) groups is 1. The minimum Gasteiger partial charge on any atom is -0.267 e. The van der Waals surface area contributed by atoms with E-state index in [4.69, 9.17) is 11.6 Å². The maximum atomic E-state index is 12.5. The van der Waals surface area contributed by atoms with E-state index in [9.17, 15) is 4.79 Å². The summed E-state index contributed by atoms with van der Waals surface area (Å²) in [6, 6.07) is 15.7. The van der Waals surface area contributed by atoms with Gasteiger partial charge in [0.1, 0.15) is 5.15 Å². The van der Waals surface area contributed by atoms with Gasteiger partial charge < -0.3 is 0 Å². The molecule has 4 rings (SSSR count). The van der Waals surface area contributed by atoms with Crippen molar-refractivity contribution in [1.29, 1.82) is 0 Å². The van der Waals surface area contributed by atoms with E-state index in [1.165, 1.54) is 17.6 Å². The van der Waals surface area contributed by atoms with Crippen molar-refractivity contribution in [3.8, 4) is 5.69 Å². The zero-order valence-electron chi connectivity index (χ0n) is 15.3. The lowest BCUT2D eigenvalue weighted by molar-refractivity contribution is 0.0957. The minimum atomic E-state index is -0.256. The van der Waals surface area contributed by atoms with E-state index < -0.39 is 0 Å². The Hall–Kier alpha value is -2.96. The van der Waals surface area contributed by atoms with Gasteiger partial charge in [0.25, 0.3) is 5.91 Å². The molecule has 0 radical (unpaired) electrons. The van der Waals surface area contributed by atoms with Gasteiger partial charge in [0.05, 0.1) is 28.7 Å². The molecule has 0 unspecified atom stereocenters. The van der Waals surface area contributed by atoms with Gasteiger partial charge in [-0.1, -0.05) is 47.5 Å². The molecule has 4 aromatic rings. The van der Waals surface area contributed by atoms with Crippen molar-refractivity contribution in [2.45, 2.75) is 13.8 Å². The first-order chi connectivity index (χ1) is 13.5. The molecule has 0 saturated heterocycles. The van der Waals surface area contributed by atoms with E-state index in [0.717, 1.165) is 27.0 Å². The molecule has 7 heteroatoms. The number of carbonyl (C=O) groups excluding carboxylic acids is 1. The molecule has 2 aromatic heterocycles. The number of rotatable bonds is 4. The van der Waals surface area contributed by atoms with Gasteiger partial charge in [0.15, 0.2) is 0 Å². The summed E-state index contributed by atoms with van der Waals surface area (Å²) < 4.78 is 2.72. The Morgan fingerprint density at radius 2 is 1.93 bits per heavy atom. The number of thiophene rings is 1. The highest BCUT2D eigenvalue weighted by Crippen LogP contribution is 2.25. The number of amides is 1. The number of halogens is 1. The molecule has 140 valence electrons. The van der Waals surface area contributed by atoms with Gasteiger partial charge in [-0.3, -0.25) is 4.79 Å². The van der Waals surface area contributed by atoms with Crippen LogP contribution in [0.5, 0.6) is 0 Å². The van der Waals surface area contributed by atoms with E-state index in [1.54, 1.807) is 4.68 Å². The molecule has 0 aliphatic carbocycles. The van der Waals surface area contributed by atoms with Crippen molar-refractivity contribution in [2.75, 3.05) is 0 Å². The molecule has 5 nitrogen and oxygen atoms in total. The number of aromatic nitrogens is 2. The van der Waals surface area contributed by atoms with Crippen LogP contribution in [0.2, 0.25) is 5.15 Å². The topological polar surface area (TPSA) is 59.3 Å². The first-order valence-electron chi connectivity index (χ1n) is 8.66. The second kappa shape index (κ2) is 7.58. The smallest absolute Gasteiger partial charge is 0.267 e. The summed E-state index contributed by atoms with van der Waals surface area (Å²) in [5, 5.41) is 11.8. The van der Waals surface area contributed by atoms with Gasteiger partial charge in [-0.15, -0.1) is 11.3 Å². The van der Waals surface area contributed by atoms with Crippen LogP contribution in [0.15, 0.2) is 59.0 Å². The van der Waals surface area contributed by atoms with Crippen LogP contribution in [-0.4, -0.2) is 21.9 Å². The molecule has 1 amide bonds. The van der Waals surface area contributed by atoms with Crippen molar-refractivity contribution in [3.05, 3.63) is 81.4 Å². The van der Waals surface area contributed by atoms with Crippen molar-refractivity contribution >= 4 is 45.1 Å². The summed E-state index contributed by atoms with van der Waals surface area (Å²) in [4.78, 5) is 12.5. The van der Waals surface area contributed by atoms with E-state index in [1.807, 2.05) is 67.8 Å². The average molecular weight is 409 g/mol. The van der Waals surface area contributed by atoms with Crippen LogP contribution in [0.25, 0.3) is 15.8 Å². The first kappa shape index (κ1) is 18.4.